The summed E-state index contributed by atoms with van der Waals surface area (Å²) in [5.74, 6) is -0.632. The Morgan fingerprint density at radius 1 is 1.00 bits per heavy atom. The maximum Gasteiger partial charge on any atom is 0.300 e. The number of rotatable bonds is 7. The number of benzene rings is 3. The molecule has 36 heavy (non-hydrogen) atoms. The van der Waals surface area contributed by atoms with Crippen molar-refractivity contribution < 1.29 is 24.2 Å². The number of anilines is 1. The first-order valence-corrected chi connectivity index (χ1v) is 12.1. The van der Waals surface area contributed by atoms with Crippen molar-refractivity contribution >= 4 is 23.1 Å². The van der Waals surface area contributed by atoms with Crippen LogP contribution in [0.5, 0.6) is 11.5 Å². The van der Waals surface area contributed by atoms with E-state index in [1.165, 1.54) is 12.0 Å². The molecular formula is C30H31NO5. The Balaban J connectivity index is 1.91. The van der Waals surface area contributed by atoms with Crippen LogP contribution in [0.1, 0.15) is 49.1 Å². The molecule has 1 amide bonds. The van der Waals surface area contributed by atoms with Crippen LogP contribution in [-0.2, 0) is 16.0 Å². The van der Waals surface area contributed by atoms with E-state index in [9.17, 15) is 14.7 Å². The summed E-state index contributed by atoms with van der Waals surface area (Å²) in [5, 5.41) is 11.5. The first-order chi connectivity index (χ1) is 17.2. The van der Waals surface area contributed by atoms with E-state index in [4.69, 9.17) is 9.47 Å². The molecule has 0 bridgehead atoms. The van der Waals surface area contributed by atoms with Gasteiger partial charge in [0.25, 0.3) is 11.7 Å². The lowest BCUT2D eigenvalue weighted by molar-refractivity contribution is -0.132. The number of hydrogen-bond acceptors (Lipinski definition) is 5. The van der Waals surface area contributed by atoms with Crippen molar-refractivity contribution in [3.63, 3.8) is 0 Å². The highest BCUT2D eigenvalue weighted by atomic mass is 16.5. The zero-order chi connectivity index (χ0) is 26.0. The zero-order valence-corrected chi connectivity index (χ0v) is 21.2. The quantitative estimate of drug-likeness (QED) is 0.253. The van der Waals surface area contributed by atoms with Crippen LogP contribution < -0.4 is 14.4 Å². The minimum Gasteiger partial charge on any atom is -0.507 e. The van der Waals surface area contributed by atoms with E-state index < -0.39 is 17.7 Å². The molecule has 0 spiro atoms. The zero-order valence-electron chi connectivity index (χ0n) is 21.2. The topological polar surface area (TPSA) is 76.1 Å². The number of ketones is 1. The Bertz CT molecular complexity index is 1310. The molecule has 1 N–H and O–H groups in total. The highest BCUT2D eigenvalue weighted by Gasteiger charge is 2.47. The number of carbonyl (C=O) groups is 2. The molecule has 1 aliphatic rings. The van der Waals surface area contributed by atoms with Crippen molar-refractivity contribution in [2.45, 2.75) is 46.3 Å². The van der Waals surface area contributed by atoms with Crippen LogP contribution in [0.3, 0.4) is 0 Å². The van der Waals surface area contributed by atoms with E-state index >= 15 is 0 Å². The average molecular weight is 486 g/mol. The molecule has 186 valence electrons. The summed E-state index contributed by atoms with van der Waals surface area (Å²) in [6, 6.07) is 19.3. The van der Waals surface area contributed by atoms with Gasteiger partial charge in [0.05, 0.1) is 30.4 Å². The van der Waals surface area contributed by atoms with Crippen molar-refractivity contribution in [2.75, 3.05) is 12.0 Å². The van der Waals surface area contributed by atoms with Crippen LogP contribution in [-0.4, -0.2) is 30.0 Å². The summed E-state index contributed by atoms with van der Waals surface area (Å²) < 4.78 is 11.2. The van der Waals surface area contributed by atoms with E-state index in [2.05, 4.69) is 6.92 Å². The second-order valence-electron chi connectivity index (χ2n) is 9.13. The summed E-state index contributed by atoms with van der Waals surface area (Å²) in [5.41, 5.74) is 3.67. The number of Topliss-reactive ketones (excluding diaryl/α,β-unsaturated/α-hetero) is 1. The second-order valence-corrected chi connectivity index (χ2v) is 9.13. The van der Waals surface area contributed by atoms with Crippen molar-refractivity contribution in [1.82, 2.24) is 0 Å². The molecule has 0 aromatic heterocycles. The van der Waals surface area contributed by atoms with Gasteiger partial charge in [-0.25, -0.2) is 0 Å². The highest BCUT2D eigenvalue weighted by molar-refractivity contribution is 6.51. The van der Waals surface area contributed by atoms with Gasteiger partial charge in [-0.2, -0.15) is 0 Å². The van der Waals surface area contributed by atoms with Gasteiger partial charge in [-0.15, -0.1) is 0 Å². The summed E-state index contributed by atoms with van der Waals surface area (Å²) >= 11 is 0. The number of aryl methyl sites for hydroxylation is 2. The molecule has 3 aromatic rings. The molecule has 1 heterocycles. The summed E-state index contributed by atoms with van der Waals surface area (Å²) in [6.07, 6.45) is 0.865. The number of ether oxygens (including phenoxy) is 2. The third kappa shape index (κ3) is 4.71. The normalized spacial score (nSPS) is 17.1. The molecule has 6 heteroatoms. The fourth-order valence-electron chi connectivity index (χ4n) is 4.46. The van der Waals surface area contributed by atoms with Gasteiger partial charge < -0.3 is 14.6 Å². The molecular weight excluding hydrogens is 454 g/mol. The molecule has 0 aliphatic carbocycles. The predicted octanol–water partition coefficient (Wildman–Crippen LogP) is 5.98. The molecule has 1 atom stereocenters. The number of nitrogens with zero attached hydrogens (tertiary/aromatic N) is 1. The summed E-state index contributed by atoms with van der Waals surface area (Å²) in [7, 11) is 1.50. The molecule has 3 aromatic carbocycles. The van der Waals surface area contributed by atoms with Gasteiger partial charge in [0.1, 0.15) is 17.3 Å². The van der Waals surface area contributed by atoms with E-state index in [-0.39, 0.29) is 17.4 Å². The highest BCUT2D eigenvalue weighted by Crippen LogP contribution is 2.43. The number of amides is 1. The molecule has 1 saturated heterocycles. The molecule has 1 fully saturated rings. The minimum atomic E-state index is -0.807. The van der Waals surface area contributed by atoms with E-state index in [0.29, 0.717) is 22.7 Å². The van der Waals surface area contributed by atoms with Crippen molar-refractivity contribution in [3.8, 4) is 11.5 Å². The predicted molar refractivity (Wildman–Crippen MR) is 141 cm³/mol. The van der Waals surface area contributed by atoms with Crippen molar-refractivity contribution in [3.05, 3.63) is 94.6 Å². The summed E-state index contributed by atoms with van der Waals surface area (Å²) in [4.78, 5) is 28.3. The Hall–Kier alpha value is -4.06. The fourth-order valence-corrected chi connectivity index (χ4v) is 4.46. The van der Waals surface area contributed by atoms with Crippen LogP contribution in [0.25, 0.3) is 5.76 Å². The van der Waals surface area contributed by atoms with Gasteiger partial charge in [-0.05, 0) is 74.7 Å². The molecule has 4 rings (SSSR count). The van der Waals surface area contributed by atoms with Gasteiger partial charge in [0.15, 0.2) is 0 Å². The third-order valence-electron chi connectivity index (χ3n) is 6.24. The number of aliphatic hydroxyl groups excluding tert-OH is 1. The van der Waals surface area contributed by atoms with E-state index in [1.54, 1.807) is 36.4 Å². The van der Waals surface area contributed by atoms with Crippen LogP contribution >= 0.6 is 0 Å². The van der Waals surface area contributed by atoms with Gasteiger partial charge in [0, 0.05) is 5.69 Å². The van der Waals surface area contributed by atoms with Gasteiger partial charge in [0.2, 0.25) is 0 Å². The number of carbonyl (C=O) groups excluding carboxylic acids is 2. The van der Waals surface area contributed by atoms with Crippen LogP contribution in [0.15, 0.2) is 72.3 Å². The second kappa shape index (κ2) is 10.3. The smallest absolute Gasteiger partial charge is 0.300 e. The van der Waals surface area contributed by atoms with Gasteiger partial charge >= 0.3 is 0 Å². The lowest BCUT2D eigenvalue weighted by Crippen LogP contribution is -2.29. The minimum absolute atomic E-state index is 0.00599. The fraction of sp³-hybridized carbons (Fsp3) is 0.267. The largest absolute Gasteiger partial charge is 0.507 e. The summed E-state index contributed by atoms with van der Waals surface area (Å²) in [6.45, 7) is 7.82. The Kier molecular flexibility index (Phi) is 7.15. The van der Waals surface area contributed by atoms with E-state index in [1.807, 2.05) is 51.1 Å². The average Bonchev–Trinajstić information content (AvgIpc) is 3.14. The van der Waals surface area contributed by atoms with Crippen molar-refractivity contribution in [2.24, 2.45) is 0 Å². The SMILES string of the molecule is CCc1ccc(C2/C(=C(\O)c3cc(C)ccc3OC)C(=O)C(=O)N2c2ccc(OC(C)C)cc2)cc1. The van der Waals surface area contributed by atoms with E-state index in [0.717, 1.165) is 23.1 Å². The molecule has 1 unspecified atom stereocenters. The van der Waals surface area contributed by atoms with Crippen LogP contribution in [0.4, 0.5) is 5.69 Å². The molecule has 0 radical (unpaired) electrons. The van der Waals surface area contributed by atoms with Crippen molar-refractivity contribution in [1.29, 1.82) is 0 Å². The lowest BCUT2D eigenvalue weighted by atomic mass is 9.93. The monoisotopic (exact) mass is 485 g/mol. The Morgan fingerprint density at radius 3 is 2.25 bits per heavy atom. The first-order valence-electron chi connectivity index (χ1n) is 12.1. The Morgan fingerprint density at radius 2 is 1.67 bits per heavy atom. The van der Waals surface area contributed by atoms with Crippen LogP contribution in [0, 0.1) is 6.92 Å². The number of hydrogen-bond donors (Lipinski definition) is 1. The standard InChI is InChI=1S/C30H31NO5/c1-6-20-8-10-21(11-9-20)27-26(28(32)24-17-19(4)7-16-25(24)35-5)29(33)30(34)31(27)22-12-14-23(15-13-22)36-18(2)3/h7-18,27,32H,6H2,1-5H3/b28-26+. The molecule has 6 nitrogen and oxygen atoms in total. The molecule has 1 aliphatic heterocycles. The maximum atomic E-state index is 13.4. The van der Waals surface area contributed by atoms with Crippen LogP contribution in [0.2, 0.25) is 0 Å². The van der Waals surface area contributed by atoms with Gasteiger partial charge in [-0.3, -0.25) is 14.5 Å². The molecule has 0 saturated carbocycles. The third-order valence-corrected chi connectivity index (χ3v) is 6.24. The Labute approximate surface area is 211 Å². The number of aliphatic hydroxyl groups is 1. The first kappa shape index (κ1) is 25.0. The lowest BCUT2D eigenvalue weighted by Gasteiger charge is -2.26. The number of methoxy groups -OCH3 is 1. The van der Waals surface area contributed by atoms with Gasteiger partial charge in [-0.1, -0.05) is 42.8 Å². The maximum absolute atomic E-state index is 13.4.